The fraction of sp³-hybridized carbons (Fsp3) is 0.417. The van der Waals surface area contributed by atoms with Crippen molar-refractivity contribution in [2.24, 2.45) is 5.73 Å². The number of nitro benzene ring substituents is 1. The third-order valence-electron chi connectivity index (χ3n) is 2.68. The molecule has 20 heavy (non-hydrogen) atoms. The highest BCUT2D eigenvalue weighted by atomic mass is 16.6. The molecule has 1 atom stereocenters. The minimum Gasteiger partial charge on any atom is -0.496 e. The SMILES string of the molecule is COc1ccc(NC(=O)CC(CN)OC)c([N+](=O)[O-])c1. The molecule has 0 heterocycles. The molecule has 1 unspecified atom stereocenters. The van der Waals surface area contributed by atoms with Crippen molar-refractivity contribution in [3.8, 4) is 5.75 Å². The molecule has 1 rings (SSSR count). The van der Waals surface area contributed by atoms with Crippen LogP contribution in [0.25, 0.3) is 0 Å². The second-order valence-electron chi connectivity index (χ2n) is 3.99. The van der Waals surface area contributed by atoms with E-state index in [1.807, 2.05) is 0 Å². The molecule has 0 bridgehead atoms. The van der Waals surface area contributed by atoms with Crippen LogP contribution in [0, 0.1) is 10.1 Å². The first-order chi connectivity index (χ1) is 9.51. The minimum atomic E-state index is -0.588. The summed E-state index contributed by atoms with van der Waals surface area (Å²) >= 11 is 0. The molecule has 8 heteroatoms. The molecule has 0 spiro atoms. The van der Waals surface area contributed by atoms with Gasteiger partial charge in [-0.2, -0.15) is 0 Å². The van der Waals surface area contributed by atoms with Gasteiger partial charge in [-0.05, 0) is 12.1 Å². The fourth-order valence-electron chi connectivity index (χ4n) is 1.57. The Balaban J connectivity index is 2.86. The third kappa shape index (κ3) is 4.18. The number of nitrogens with one attached hydrogen (secondary N) is 1. The van der Waals surface area contributed by atoms with Crippen molar-refractivity contribution < 1.29 is 19.2 Å². The highest BCUT2D eigenvalue weighted by molar-refractivity contribution is 5.93. The normalized spacial score (nSPS) is 11.8. The standard InChI is InChI=1S/C12H17N3O5/c1-19-8-3-4-10(11(5-8)15(17)18)14-12(16)6-9(7-13)20-2/h3-5,9H,6-7,13H2,1-2H3,(H,14,16). The van der Waals surface area contributed by atoms with Gasteiger partial charge in [-0.3, -0.25) is 14.9 Å². The van der Waals surface area contributed by atoms with Gasteiger partial charge in [0.25, 0.3) is 5.69 Å². The lowest BCUT2D eigenvalue weighted by atomic mass is 10.2. The lowest BCUT2D eigenvalue weighted by molar-refractivity contribution is -0.384. The molecule has 1 amide bonds. The van der Waals surface area contributed by atoms with Crippen molar-refractivity contribution in [2.75, 3.05) is 26.1 Å². The van der Waals surface area contributed by atoms with Gasteiger partial charge in [0.15, 0.2) is 0 Å². The number of nitrogens with zero attached hydrogens (tertiary/aromatic N) is 1. The molecule has 3 N–H and O–H groups in total. The van der Waals surface area contributed by atoms with Gasteiger partial charge in [0, 0.05) is 13.7 Å². The first-order valence-electron chi connectivity index (χ1n) is 5.87. The maximum Gasteiger partial charge on any atom is 0.296 e. The van der Waals surface area contributed by atoms with E-state index < -0.39 is 16.9 Å². The maximum atomic E-state index is 11.8. The van der Waals surface area contributed by atoms with E-state index in [0.29, 0.717) is 5.75 Å². The van der Waals surface area contributed by atoms with Crippen molar-refractivity contribution in [3.63, 3.8) is 0 Å². The fourth-order valence-corrected chi connectivity index (χ4v) is 1.57. The molecule has 110 valence electrons. The van der Waals surface area contributed by atoms with Crippen molar-refractivity contribution in [3.05, 3.63) is 28.3 Å². The summed E-state index contributed by atoms with van der Waals surface area (Å²) < 4.78 is 9.89. The summed E-state index contributed by atoms with van der Waals surface area (Å²) in [6.07, 6.45) is -0.400. The number of hydrogen-bond donors (Lipinski definition) is 2. The first kappa shape index (κ1) is 15.9. The minimum absolute atomic E-state index is 0.0240. The van der Waals surface area contributed by atoms with E-state index in [1.54, 1.807) is 0 Å². The molecule has 0 saturated carbocycles. The van der Waals surface area contributed by atoms with E-state index in [9.17, 15) is 14.9 Å². The monoisotopic (exact) mass is 283 g/mol. The smallest absolute Gasteiger partial charge is 0.296 e. The molecule has 0 fully saturated rings. The van der Waals surface area contributed by atoms with Crippen LogP contribution in [0.3, 0.4) is 0 Å². The highest BCUT2D eigenvalue weighted by Crippen LogP contribution is 2.29. The van der Waals surface area contributed by atoms with Gasteiger partial charge in [0.2, 0.25) is 5.91 Å². The van der Waals surface area contributed by atoms with Crippen LogP contribution < -0.4 is 15.8 Å². The third-order valence-corrected chi connectivity index (χ3v) is 2.68. The summed E-state index contributed by atoms with van der Waals surface area (Å²) in [6.45, 7) is 0.189. The zero-order chi connectivity index (χ0) is 15.1. The number of carbonyl (C=O) groups is 1. The quantitative estimate of drug-likeness (QED) is 0.567. The molecular weight excluding hydrogens is 266 g/mol. The van der Waals surface area contributed by atoms with Crippen molar-refractivity contribution in [1.82, 2.24) is 0 Å². The Labute approximate surface area is 116 Å². The molecular formula is C12H17N3O5. The van der Waals surface area contributed by atoms with E-state index in [1.165, 1.54) is 32.4 Å². The number of rotatable bonds is 7. The van der Waals surface area contributed by atoms with Gasteiger partial charge in [-0.25, -0.2) is 0 Å². The zero-order valence-electron chi connectivity index (χ0n) is 11.3. The number of ether oxygens (including phenoxy) is 2. The molecule has 1 aromatic carbocycles. The van der Waals surface area contributed by atoms with E-state index in [0.717, 1.165) is 0 Å². The average molecular weight is 283 g/mol. The van der Waals surface area contributed by atoms with Crippen LogP contribution >= 0.6 is 0 Å². The summed E-state index contributed by atoms with van der Waals surface area (Å²) in [6, 6.07) is 4.19. The van der Waals surface area contributed by atoms with Gasteiger partial charge in [-0.15, -0.1) is 0 Å². The summed E-state index contributed by atoms with van der Waals surface area (Å²) in [7, 11) is 2.85. The number of benzene rings is 1. The second-order valence-corrected chi connectivity index (χ2v) is 3.99. The summed E-state index contributed by atoms with van der Waals surface area (Å²) in [5.74, 6) is -0.0676. The number of nitro groups is 1. The van der Waals surface area contributed by atoms with Crippen LogP contribution in [0.4, 0.5) is 11.4 Å². The van der Waals surface area contributed by atoms with Crippen molar-refractivity contribution in [2.45, 2.75) is 12.5 Å². The lowest BCUT2D eigenvalue weighted by Gasteiger charge is -2.13. The molecule has 0 saturated heterocycles. The lowest BCUT2D eigenvalue weighted by Crippen LogP contribution is -2.28. The van der Waals surface area contributed by atoms with Crippen LogP contribution in [-0.4, -0.2) is 37.7 Å². The molecule has 0 radical (unpaired) electrons. The van der Waals surface area contributed by atoms with E-state index in [2.05, 4.69) is 5.32 Å². The van der Waals surface area contributed by atoms with Crippen LogP contribution in [0.2, 0.25) is 0 Å². The Morgan fingerprint density at radius 2 is 2.20 bits per heavy atom. The van der Waals surface area contributed by atoms with Crippen molar-refractivity contribution >= 4 is 17.3 Å². The Bertz CT molecular complexity index is 488. The topological polar surface area (TPSA) is 117 Å². The van der Waals surface area contributed by atoms with Crippen LogP contribution in [0.5, 0.6) is 5.75 Å². The van der Waals surface area contributed by atoms with Crippen molar-refractivity contribution in [1.29, 1.82) is 0 Å². The number of hydrogen-bond acceptors (Lipinski definition) is 6. The van der Waals surface area contributed by atoms with Gasteiger partial charge in [-0.1, -0.05) is 0 Å². The van der Waals surface area contributed by atoms with Crippen LogP contribution in [0.15, 0.2) is 18.2 Å². The Kier molecular flexibility index (Phi) is 5.88. The Morgan fingerprint density at radius 3 is 2.70 bits per heavy atom. The molecule has 0 aliphatic carbocycles. The summed E-state index contributed by atoms with van der Waals surface area (Å²) in [4.78, 5) is 22.1. The number of nitrogens with two attached hydrogens (primary N) is 1. The number of anilines is 1. The summed E-state index contributed by atoms with van der Waals surface area (Å²) in [5, 5.41) is 13.4. The van der Waals surface area contributed by atoms with Gasteiger partial charge >= 0.3 is 0 Å². The number of amides is 1. The second kappa shape index (κ2) is 7.41. The largest absolute Gasteiger partial charge is 0.496 e. The molecule has 1 aromatic rings. The van der Waals surface area contributed by atoms with Gasteiger partial charge in [0.05, 0.1) is 30.6 Å². The maximum absolute atomic E-state index is 11.8. The van der Waals surface area contributed by atoms with E-state index in [4.69, 9.17) is 15.2 Å². The molecule has 0 aromatic heterocycles. The summed E-state index contributed by atoms with van der Waals surface area (Å²) in [5.41, 5.74) is 5.28. The molecule has 0 aliphatic rings. The Morgan fingerprint density at radius 1 is 1.50 bits per heavy atom. The van der Waals surface area contributed by atoms with Crippen LogP contribution in [-0.2, 0) is 9.53 Å². The number of carbonyl (C=O) groups excluding carboxylic acids is 1. The van der Waals surface area contributed by atoms with Crippen LogP contribution in [0.1, 0.15) is 6.42 Å². The zero-order valence-corrected chi connectivity index (χ0v) is 11.3. The highest BCUT2D eigenvalue weighted by Gasteiger charge is 2.18. The first-order valence-corrected chi connectivity index (χ1v) is 5.87. The van der Waals surface area contributed by atoms with Gasteiger partial charge < -0.3 is 20.5 Å². The van der Waals surface area contributed by atoms with Gasteiger partial charge in [0.1, 0.15) is 11.4 Å². The predicted octanol–water partition coefficient (Wildman–Crippen LogP) is 0.906. The molecule has 0 aliphatic heterocycles. The number of methoxy groups -OCH3 is 2. The predicted molar refractivity (Wildman–Crippen MR) is 72.7 cm³/mol. The average Bonchev–Trinajstić information content (AvgIpc) is 2.44. The Hall–Kier alpha value is -2.19. The molecule has 8 nitrogen and oxygen atoms in total. The van der Waals surface area contributed by atoms with E-state index >= 15 is 0 Å². The van der Waals surface area contributed by atoms with E-state index in [-0.39, 0.29) is 24.3 Å².